The van der Waals surface area contributed by atoms with Gasteiger partial charge in [0.15, 0.2) is 5.82 Å². The van der Waals surface area contributed by atoms with E-state index < -0.39 is 0 Å². The highest BCUT2D eigenvalue weighted by atomic mass is 19.1. The minimum atomic E-state index is -0.220. The molecule has 116 valence electrons. The maximum atomic E-state index is 12.8. The highest BCUT2D eigenvalue weighted by Gasteiger charge is 2.13. The van der Waals surface area contributed by atoms with E-state index in [1.165, 1.54) is 12.1 Å². The molecule has 1 aliphatic heterocycles. The van der Waals surface area contributed by atoms with Crippen molar-refractivity contribution in [1.29, 1.82) is 0 Å². The van der Waals surface area contributed by atoms with Gasteiger partial charge in [0.1, 0.15) is 5.82 Å². The molecule has 2 aromatic rings. The molecule has 0 amide bonds. The first kappa shape index (κ1) is 14.6. The van der Waals surface area contributed by atoms with Crippen molar-refractivity contribution in [2.45, 2.75) is 6.42 Å². The Morgan fingerprint density at radius 2 is 1.95 bits per heavy atom. The molecule has 0 bridgehead atoms. The first-order chi connectivity index (χ1) is 10.8. The van der Waals surface area contributed by atoms with E-state index in [9.17, 15) is 4.39 Å². The van der Waals surface area contributed by atoms with Crippen LogP contribution in [-0.2, 0) is 11.2 Å². The summed E-state index contributed by atoms with van der Waals surface area (Å²) < 4.78 is 18.2. The minimum absolute atomic E-state index is 0.220. The molecule has 22 heavy (non-hydrogen) atoms. The Morgan fingerprint density at radius 1 is 1.18 bits per heavy atom. The molecule has 1 aromatic heterocycles. The van der Waals surface area contributed by atoms with Crippen LogP contribution in [0.1, 0.15) is 5.56 Å². The summed E-state index contributed by atoms with van der Waals surface area (Å²) in [5, 5.41) is 11.1. The number of hydrogen-bond donors (Lipinski definition) is 1. The van der Waals surface area contributed by atoms with E-state index in [0.717, 1.165) is 30.9 Å². The highest BCUT2D eigenvalue weighted by molar-refractivity contribution is 5.40. The van der Waals surface area contributed by atoms with Crippen LogP contribution in [0.2, 0.25) is 0 Å². The van der Waals surface area contributed by atoms with Crippen molar-refractivity contribution < 1.29 is 9.13 Å². The zero-order chi connectivity index (χ0) is 15.2. The van der Waals surface area contributed by atoms with Crippen LogP contribution >= 0.6 is 0 Å². The van der Waals surface area contributed by atoms with Gasteiger partial charge in [-0.2, -0.15) is 10.1 Å². The molecule has 1 saturated heterocycles. The Kier molecular flexibility index (Phi) is 4.75. The second-order valence-electron chi connectivity index (χ2n) is 5.04. The molecule has 0 radical (unpaired) electrons. The normalized spacial score (nSPS) is 14.9. The molecule has 6 nitrogen and oxygen atoms in total. The van der Waals surface area contributed by atoms with Gasteiger partial charge in [0.2, 0.25) is 5.95 Å². The molecule has 0 spiro atoms. The summed E-state index contributed by atoms with van der Waals surface area (Å²) in [4.78, 5) is 6.60. The first-order valence-corrected chi connectivity index (χ1v) is 7.32. The van der Waals surface area contributed by atoms with Gasteiger partial charge >= 0.3 is 0 Å². The van der Waals surface area contributed by atoms with Gasteiger partial charge in [0.25, 0.3) is 0 Å². The van der Waals surface area contributed by atoms with E-state index in [0.29, 0.717) is 25.7 Å². The van der Waals surface area contributed by atoms with Crippen molar-refractivity contribution in [3.8, 4) is 0 Å². The summed E-state index contributed by atoms with van der Waals surface area (Å²) in [5.41, 5.74) is 1.06. The van der Waals surface area contributed by atoms with E-state index in [4.69, 9.17) is 4.74 Å². The Balaban J connectivity index is 1.55. The third-order valence-electron chi connectivity index (χ3n) is 3.49. The Morgan fingerprint density at radius 3 is 2.73 bits per heavy atom. The zero-order valence-corrected chi connectivity index (χ0v) is 12.2. The van der Waals surface area contributed by atoms with Crippen LogP contribution in [0.15, 0.2) is 30.5 Å². The molecule has 0 aliphatic carbocycles. The predicted molar refractivity (Wildman–Crippen MR) is 81.5 cm³/mol. The fourth-order valence-electron chi connectivity index (χ4n) is 2.28. The van der Waals surface area contributed by atoms with Gasteiger partial charge in [-0.15, -0.1) is 5.10 Å². The number of halogens is 1. The van der Waals surface area contributed by atoms with Crippen LogP contribution < -0.4 is 10.2 Å². The first-order valence-electron chi connectivity index (χ1n) is 7.32. The number of nitrogens with one attached hydrogen (secondary N) is 1. The lowest BCUT2D eigenvalue weighted by Gasteiger charge is -2.27. The summed E-state index contributed by atoms with van der Waals surface area (Å²) in [6.45, 7) is 3.70. The number of anilines is 2. The largest absolute Gasteiger partial charge is 0.378 e. The number of nitrogens with zero attached hydrogens (tertiary/aromatic N) is 4. The molecule has 0 saturated carbocycles. The van der Waals surface area contributed by atoms with E-state index in [2.05, 4.69) is 25.4 Å². The standard InChI is InChI=1S/C15H18FN5O/c16-13-3-1-12(2-4-13)5-6-17-15-19-14(11-18-20-15)21-7-9-22-10-8-21/h1-4,11H,5-10H2,(H,17,19,20). The lowest BCUT2D eigenvalue weighted by molar-refractivity contribution is 0.122. The van der Waals surface area contributed by atoms with Crippen LogP contribution in [0.5, 0.6) is 0 Å². The van der Waals surface area contributed by atoms with Gasteiger partial charge in [-0.05, 0) is 24.1 Å². The molecule has 0 unspecified atom stereocenters. The molecule has 2 heterocycles. The fourth-order valence-corrected chi connectivity index (χ4v) is 2.28. The third kappa shape index (κ3) is 3.88. The third-order valence-corrected chi connectivity index (χ3v) is 3.49. The second-order valence-corrected chi connectivity index (χ2v) is 5.04. The van der Waals surface area contributed by atoms with Crippen LogP contribution in [0.3, 0.4) is 0 Å². The van der Waals surface area contributed by atoms with Crippen molar-refractivity contribution in [2.75, 3.05) is 43.1 Å². The second kappa shape index (κ2) is 7.13. The Labute approximate surface area is 128 Å². The van der Waals surface area contributed by atoms with Gasteiger partial charge in [0.05, 0.1) is 19.4 Å². The minimum Gasteiger partial charge on any atom is -0.378 e. The molecule has 7 heteroatoms. The van der Waals surface area contributed by atoms with Crippen molar-refractivity contribution >= 4 is 11.8 Å². The van der Waals surface area contributed by atoms with E-state index in [1.54, 1.807) is 18.3 Å². The molecular weight excluding hydrogens is 285 g/mol. The number of aromatic nitrogens is 3. The van der Waals surface area contributed by atoms with Gasteiger partial charge in [-0.25, -0.2) is 4.39 Å². The molecule has 1 fully saturated rings. The summed E-state index contributed by atoms with van der Waals surface area (Å²) in [5.74, 6) is 1.09. The SMILES string of the molecule is Fc1ccc(CCNc2nncc(N3CCOCC3)n2)cc1. The summed E-state index contributed by atoms with van der Waals surface area (Å²) >= 11 is 0. The van der Waals surface area contributed by atoms with Crippen LogP contribution in [0.25, 0.3) is 0 Å². The average Bonchev–Trinajstić information content (AvgIpc) is 2.58. The summed E-state index contributed by atoms with van der Waals surface area (Å²) in [6, 6.07) is 6.49. The molecule has 0 atom stereocenters. The lowest BCUT2D eigenvalue weighted by Crippen LogP contribution is -2.37. The number of rotatable bonds is 5. The molecule has 1 aliphatic rings. The predicted octanol–water partition coefficient (Wildman–Crippen LogP) is 1.50. The fraction of sp³-hybridized carbons (Fsp3) is 0.400. The van der Waals surface area contributed by atoms with Crippen LogP contribution in [0.4, 0.5) is 16.2 Å². The number of morpholine rings is 1. The lowest BCUT2D eigenvalue weighted by atomic mass is 10.1. The quantitative estimate of drug-likeness (QED) is 0.903. The van der Waals surface area contributed by atoms with Crippen molar-refractivity contribution in [3.63, 3.8) is 0 Å². The number of benzene rings is 1. The number of hydrogen-bond acceptors (Lipinski definition) is 6. The molecule has 1 N–H and O–H groups in total. The smallest absolute Gasteiger partial charge is 0.244 e. The molecule has 1 aromatic carbocycles. The highest BCUT2D eigenvalue weighted by Crippen LogP contribution is 2.12. The maximum Gasteiger partial charge on any atom is 0.244 e. The Hall–Kier alpha value is -2.28. The molecular formula is C15H18FN5O. The van der Waals surface area contributed by atoms with Gasteiger partial charge in [-0.1, -0.05) is 12.1 Å². The summed E-state index contributed by atoms with van der Waals surface area (Å²) in [7, 11) is 0. The van der Waals surface area contributed by atoms with Gasteiger partial charge < -0.3 is 15.0 Å². The monoisotopic (exact) mass is 303 g/mol. The van der Waals surface area contributed by atoms with Crippen molar-refractivity contribution in [3.05, 3.63) is 41.8 Å². The van der Waals surface area contributed by atoms with Crippen LogP contribution in [0, 0.1) is 5.82 Å². The van der Waals surface area contributed by atoms with E-state index in [-0.39, 0.29) is 5.82 Å². The van der Waals surface area contributed by atoms with E-state index >= 15 is 0 Å². The summed E-state index contributed by atoms with van der Waals surface area (Å²) in [6.07, 6.45) is 2.43. The van der Waals surface area contributed by atoms with Gasteiger partial charge in [0, 0.05) is 19.6 Å². The van der Waals surface area contributed by atoms with Crippen LogP contribution in [-0.4, -0.2) is 48.0 Å². The van der Waals surface area contributed by atoms with Crippen molar-refractivity contribution in [2.24, 2.45) is 0 Å². The Bertz CT molecular complexity index is 601. The van der Waals surface area contributed by atoms with E-state index in [1.807, 2.05) is 0 Å². The number of ether oxygens (including phenoxy) is 1. The van der Waals surface area contributed by atoms with Gasteiger partial charge in [-0.3, -0.25) is 0 Å². The maximum absolute atomic E-state index is 12.8. The topological polar surface area (TPSA) is 63.2 Å². The average molecular weight is 303 g/mol. The van der Waals surface area contributed by atoms with Crippen molar-refractivity contribution in [1.82, 2.24) is 15.2 Å². The molecule has 3 rings (SSSR count). The zero-order valence-electron chi connectivity index (χ0n) is 12.2.